The van der Waals surface area contributed by atoms with E-state index in [9.17, 15) is 18.0 Å². The van der Waals surface area contributed by atoms with Crippen molar-refractivity contribution in [1.82, 2.24) is 10.6 Å². The number of hydrogen-bond donors (Lipinski definition) is 2. The Labute approximate surface area is 115 Å². The highest BCUT2D eigenvalue weighted by molar-refractivity contribution is 5.77. The smallest absolute Gasteiger partial charge is 0.401 e. The molecule has 0 aromatic heterocycles. The van der Waals surface area contributed by atoms with Crippen LogP contribution < -0.4 is 15.4 Å². The van der Waals surface area contributed by atoms with Crippen LogP contribution in [0.4, 0.5) is 13.2 Å². The molecule has 0 saturated heterocycles. The fraction of sp³-hybridized carbons (Fsp3) is 0.462. The molecule has 0 saturated carbocycles. The van der Waals surface area contributed by atoms with E-state index in [4.69, 9.17) is 4.74 Å². The first-order valence-electron chi connectivity index (χ1n) is 6.16. The minimum absolute atomic E-state index is 0.243. The van der Waals surface area contributed by atoms with E-state index in [0.29, 0.717) is 12.4 Å². The topological polar surface area (TPSA) is 50.4 Å². The third kappa shape index (κ3) is 6.98. The zero-order chi connectivity index (χ0) is 15.0. The van der Waals surface area contributed by atoms with Crippen molar-refractivity contribution in [2.75, 3.05) is 19.7 Å². The van der Waals surface area contributed by atoms with E-state index in [-0.39, 0.29) is 13.1 Å². The van der Waals surface area contributed by atoms with Crippen molar-refractivity contribution in [3.63, 3.8) is 0 Å². The molecule has 1 aromatic rings. The first kappa shape index (κ1) is 16.3. The second-order valence-electron chi connectivity index (χ2n) is 4.08. The monoisotopic (exact) mass is 290 g/mol. The molecule has 4 nitrogen and oxygen atoms in total. The second-order valence-corrected chi connectivity index (χ2v) is 4.08. The highest BCUT2D eigenvalue weighted by atomic mass is 19.4. The van der Waals surface area contributed by atoms with Crippen molar-refractivity contribution >= 4 is 5.91 Å². The van der Waals surface area contributed by atoms with Gasteiger partial charge >= 0.3 is 6.18 Å². The summed E-state index contributed by atoms with van der Waals surface area (Å²) in [6, 6.07) is 7.15. The van der Waals surface area contributed by atoms with Crippen LogP contribution in [-0.4, -0.2) is 31.8 Å². The quantitative estimate of drug-likeness (QED) is 0.806. The zero-order valence-electron chi connectivity index (χ0n) is 11.1. The summed E-state index contributed by atoms with van der Waals surface area (Å²) in [7, 11) is 0. The number of benzene rings is 1. The van der Waals surface area contributed by atoms with E-state index >= 15 is 0 Å². The van der Waals surface area contributed by atoms with Gasteiger partial charge in [-0.15, -0.1) is 0 Å². The molecule has 0 unspecified atom stereocenters. The van der Waals surface area contributed by atoms with Crippen molar-refractivity contribution in [3.8, 4) is 5.75 Å². The summed E-state index contributed by atoms with van der Waals surface area (Å²) >= 11 is 0. The van der Waals surface area contributed by atoms with E-state index in [1.54, 1.807) is 24.3 Å². The van der Waals surface area contributed by atoms with E-state index in [2.05, 4.69) is 5.32 Å². The van der Waals surface area contributed by atoms with Crippen LogP contribution in [0, 0.1) is 0 Å². The van der Waals surface area contributed by atoms with Crippen LogP contribution >= 0.6 is 0 Å². The normalized spacial score (nSPS) is 11.2. The van der Waals surface area contributed by atoms with Crippen molar-refractivity contribution in [2.45, 2.75) is 19.6 Å². The molecule has 1 aromatic carbocycles. The lowest BCUT2D eigenvalue weighted by Crippen LogP contribution is -2.37. The fourth-order valence-corrected chi connectivity index (χ4v) is 1.49. The van der Waals surface area contributed by atoms with E-state index in [1.807, 2.05) is 12.2 Å². The van der Waals surface area contributed by atoms with Gasteiger partial charge in [-0.2, -0.15) is 13.2 Å². The van der Waals surface area contributed by atoms with Gasteiger partial charge in [0.25, 0.3) is 0 Å². The Morgan fingerprint density at radius 1 is 1.35 bits per heavy atom. The second kappa shape index (κ2) is 7.74. The fourth-order valence-electron chi connectivity index (χ4n) is 1.49. The van der Waals surface area contributed by atoms with Crippen LogP contribution in [0.25, 0.3) is 0 Å². The molecule has 0 radical (unpaired) electrons. The van der Waals surface area contributed by atoms with Gasteiger partial charge < -0.3 is 15.4 Å². The molecule has 1 amide bonds. The summed E-state index contributed by atoms with van der Waals surface area (Å²) in [5.74, 6) is 0.200. The van der Waals surface area contributed by atoms with Gasteiger partial charge in [0.1, 0.15) is 5.75 Å². The molecule has 20 heavy (non-hydrogen) atoms. The summed E-state index contributed by atoms with van der Waals surface area (Å²) in [5, 5.41) is 4.56. The van der Waals surface area contributed by atoms with Crippen molar-refractivity contribution in [2.24, 2.45) is 0 Å². The van der Waals surface area contributed by atoms with Gasteiger partial charge in [0.05, 0.1) is 19.7 Å². The number of carbonyl (C=O) groups is 1. The minimum atomic E-state index is -4.31. The summed E-state index contributed by atoms with van der Waals surface area (Å²) in [6.07, 6.45) is -4.31. The number of carbonyl (C=O) groups excluding carboxylic acids is 1. The predicted molar refractivity (Wildman–Crippen MR) is 68.4 cm³/mol. The van der Waals surface area contributed by atoms with E-state index < -0.39 is 18.6 Å². The minimum Gasteiger partial charge on any atom is -0.494 e. The first-order valence-corrected chi connectivity index (χ1v) is 6.16. The number of halogens is 3. The summed E-state index contributed by atoms with van der Waals surface area (Å²) in [4.78, 5) is 11.3. The number of ether oxygens (including phenoxy) is 1. The van der Waals surface area contributed by atoms with Gasteiger partial charge in [-0.05, 0) is 24.6 Å². The third-order valence-electron chi connectivity index (χ3n) is 2.31. The Morgan fingerprint density at radius 3 is 2.75 bits per heavy atom. The number of hydrogen-bond acceptors (Lipinski definition) is 3. The molecule has 0 spiro atoms. The Hall–Kier alpha value is -1.76. The SMILES string of the molecule is CCOc1cccc(CNC(=O)CNCC(F)(F)F)c1. The van der Waals surface area contributed by atoms with E-state index in [0.717, 1.165) is 5.56 Å². The van der Waals surface area contributed by atoms with Gasteiger partial charge in [0.15, 0.2) is 0 Å². The highest BCUT2D eigenvalue weighted by Gasteiger charge is 2.26. The maximum atomic E-state index is 11.9. The maximum absolute atomic E-state index is 11.9. The van der Waals surface area contributed by atoms with Gasteiger partial charge in [-0.1, -0.05) is 12.1 Å². The summed E-state index contributed by atoms with van der Waals surface area (Å²) in [5.41, 5.74) is 0.820. The van der Waals surface area contributed by atoms with Gasteiger partial charge in [0, 0.05) is 6.54 Å². The Bertz CT molecular complexity index is 436. The van der Waals surface area contributed by atoms with Crippen LogP contribution in [0.1, 0.15) is 12.5 Å². The number of rotatable bonds is 7. The average Bonchev–Trinajstić information content (AvgIpc) is 2.36. The Kier molecular flexibility index (Phi) is 6.30. The van der Waals surface area contributed by atoms with Gasteiger partial charge in [-0.3, -0.25) is 4.79 Å². The lowest BCUT2D eigenvalue weighted by Gasteiger charge is -2.09. The Morgan fingerprint density at radius 2 is 2.10 bits per heavy atom. The lowest BCUT2D eigenvalue weighted by molar-refractivity contribution is -0.128. The molecule has 0 bridgehead atoms. The molecule has 0 fully saturated rings. The van der Waals surface area contributed by atoms with Gasteiger partial charge in [0.2, 0.25) is 5.91 Å². The number of amides is 1. The van der Waals surface area contributed by atoms with Crippen LogP contribution in [-0.2, 0) is 11.3 Å². The maximum Gasteiger partial charge on any atom is 0.401 e. The van der Waals surface area contributed by atoms with Crippen LogP contribution in [0.15, 0.2) is 24.3 Å². The standard InChI is InChI=1S/C13H17F3N2O2/c1-2-20-11-5-3-4-10(6-11)7-18-12(19)8-17-9-13(14,15)16/h3-6,17H,2,7-9H2,1H3,(H,18,19). The molecule has 7 heteroatoms. The van der Waals surface area contributed by atoms with Crippen LogP contribution in [0.2, 0.25) is 0 Å². The molecule has 0 heterocycles. The highest BCUT2D eigenvalue weighted by Crippen LogP contribution is 2.13. The zero-order valence-corrected chi connectivity index (χ0v) is 11.1. The molecule has 1 rings (SSSR count). The Balaban J connectivity index is 2.32. The van der Waals surface area contributed by atoms with Crippen LogP contribution in [0.3, 0.4) is 0 Å². The van der Waals surface area contributed by atoms with Crippen molar-refractivity contribution in [3.05, 3.63) is 29.8 Å². The number of nitrogens with one attached hydrogen (secondary N) is 2. The first-order chi connectivity index (χ1) is 9.40. The van der Waals surface area contributed by atoms with E-state index in [1.165, 1.54) is 0 Å². The summed E-state index contributed by atoms with van der Waals surface area (Å²) in [6.45, 7) is 1.09. The predicted octanol–water partition coefficient (Wildman–Crippen LogP) is 1.85. The third-order valence-corrected chi connectivity index (χ3v) is 2.31. The van der Waals surface area contributed by atoms with Crippen molar-refractivity contribution in [1.29, 1.82) is 0 Å². The van der Waals surface area contributed by atoms with Gasteiger partial charge in [-0.25, -0.2) is 0 Å². The molecule has 2 N–H and O–H groups in total. The largest absolute Gasteiger partial charge is 0.494 e. The molecule has 0 aliphatic carbocycles. The lowest BCUT2D eigenvalue weighted by atomic mass is 10.2. The average molecular weight is 290 g/mol. The molecular formula is C13H17F3N2O2. The molecule has 0 aliphatic rings. The molecule has 0 atom stereocenters. The van der Waals surface area contributed by atoms with Crippen molar-refractivity contribution < 1.29 is 22.7 Å². The summed E-state index contributed by atoms with van der Waals surface area (Å²) < 4.78 is 40.9. The molecule has 0 aliphatic heterocycles. The molecule has 112 valence electrons. The number of alkyl halides is 3. The molecular weight excluding hydrogens is 273 g/mol. The van der Waals surface area contributed by atoms with Crippen LogP contribution in [0.5, 0.6) is 5.75 Å².